The lowest BCUT2D eigenvalue weighted by molar-refractivity contribution is 0.298. The Hall–Kier alpha value is -2.72. The summed E-state index contributed by atoms with van der Waals surface area (Å²) in [6.07, 6.45) is 0. The predicted octanol–water partition coefficient (Wildman–Crippen LogP) is 6.02. The Morgan fingerprint density at radius 1 is 0.893 bits per heavy atom. The zero-order valence-electron chi connectivity index (χ0n) is 16.3. The van der Waals surface area contributed by atoms with Gasteiger partial charge in [-0.05, 0) is 61.4 Å². The van der Waals surface area contributed by atoms with Crippen molar-refractivity contribution in [1.29, 1.82) is 0 Å². The van der Waals surface area contributed by atoms with E-state index in [-0.39, 0.29) is 0 Å². The summed E-state index contributed by atoms with van der Waals surface area (Å²) >= 11 is 1.81. The lowest BCUT2D eigenvalue weighted by Crippen LogP contribution is -2.11. The molecule has 0 saturated carbocycles. The molecule has 1 aromatic heterocycles. The number of aryl methyl sites for hydroxylation is 2. The van der Waals surface area contributed by atoms with Gasteiger partial charge in [-0.3, -0.25) is 0 Å². The maximum absolute atomic E-state index is 6.05. The minimum Gasteiger partial charge on any atom is -0.492 e. The number of hydrogen-bond donors (Lipinski definition) is 0. The van der Waals surface area contributed by atoms with Crippen LogP contribution in [0.3, 0.4) is 0 Å². The Kier molecular flexibility index (Phi) is 5.68. The molecule has 0 saturated heterocycles. The van der Waals surface area contributed by atoms with Crippen LogP contribution in [0.25, 0.3) is 11.0 Å². The molecule has 4 rings (SSSR count). The van der Waals surface area contributed by atoms with Crippen molar-refractivity contribution in [2.45, 2.75) is 31.0 Å². The molecule has 1 heterocycles. The van der Waals surface area contributed by atoms with E-state index in [4.69, 9.17) is 9.72 Å². The lowest BCUT2D eigenvalue weighted by Gasteiger charge is -2.12. The molecule has 4 aromatic rings. The van der Waals surface area contributed by atoms with Gasteiger partial charge in [0.05, 0.1) is 23.3 Å². The van der Waals surface area contributed by atoms with Gasteiger partial charge in [0.1, 0.15) is 18.2 Å². The van der Waals surface area contributed by atoms with Crippen molar-refractivity contribution in [1.82, 2.24) is 9.55 Å². The highest BCUT2D eigenvalue weighted by atomic mass is 32.2. The molecule has 0 N–H and O–H groups in total. The van der Waals surface area contributed by atoms with Crippen molar-refractivity contribution in [2.75, 3.05) is 6.61 Å². The molecule has 142 valence electrons. The van der Waals surface area contributed by atoms with Crippen LogP contribution in [-0.2, 0) is 12.3 Å². The SMILES string of the molecule is Cc1cc(C)cc(OCCn2c(CSc3ccccc3)nc3ccccc32)c1. The van der Waals surface area contributed by atoms with E-state index in [1.165, 1.54) is 16.0 Å². The number of aromatic nitrogens is 2. The molecule has 3 nitrogen and oxygen atoms in total. The Morgan fingerprint density at radius 3 is 2.39 bits per heavy atom. The number of benzene rings is 3. The minimum absolute atomic E-state index is 0.617. The Bertz CT molecular complexity index is 1050. The summed E-state index contributed by atoms with van der Waals surface area (Å²) in [5.41, 5.74) is 4.65. The maximum Gasteiger partial charge on any atom is 0.120 e. The first-order chi connectivity index (χ1) is 13.7. The van der Waals surface area contributed by atoms with E-state index in [1.807, 2.05) is 23.9 Å². The molecule has 0 bridgehead atoms. The van der Waals surface area contributed by atoms with Crippen molar-refractivity contribution >= 4 is 22.8 Å². The molecule has 3 aromatic carbocycles. The highest BCUT2D eigenvalue weighted by Crippen LogP contribution is 2.25. The fourth-order valence-corrected chi connectivity index (χ4v) is 4.29. The molecule has 0 fully saturated rings. The predicted molar refractivity (Wildman–Crippen MR) is 117 cm³/mol. The van der Waals surface area contributed by atoms with E-state index in [0.29, 0.717) is 6.61 Å². The Morgan fingerprint density at radius 2 is 1.61 bits per heavy atom. The topological polar surface area (TPSA) is 27.1 Å². The van der Waals surface area contributed by atoms with E-state index in [0.717, 1.165) is 34.9 Å². The van der Waals surface area contributed by atoms with Crippen LogP contribution in [0.2, 0.25) is 0 Å². The van der Waals surface area contributed by atoms with Crippen LogP contribution in [0, 0.1) is 13.8 Å². The monoisotopic (exact) mass is 388 g/mol. The third-order valence-electron chi connectivity index (χ3n) is 4.62. The van der Waals surface area contributed by atoms with Crippen molar-refractivity contribution < 1.29 is 4.74 Å². The first-order valence-electron chi connectivity index (χ1n) is 9.52. The molecule has 0 atom stereocenters. The van der Waals surface area contributed by atoms with Crippen LogP contribution in [0.4, 0.5) is 0 Å². The van der Waals surface area contributed by atoms with Gasteiger partial charge in [0.25, 0.3) is 0 Å². The number of nitrogens with zero attached hydrogens (tertiary/aromatic N) is 2. The number of rotatable bonds is 7. The number of ether oxygens (including phenoxy) is 1. The van der Waals surface area contributed by atoms with Crippen LogP contribution in [0.15, 0.2) is 77.7 Å². The van der Waals surface area contributed by atoms with Gasteiger partial charge < -0.3 is 9.30 Å². The molecule has 4 heteroatoms. The van der Waals surface area contributed by atoms with Crippen LogP contribution in [0.1, 0.15) is 17.0 Å². The van der Waals surface area contributed by atoms with E-state index in [9.17, 15) is 0 Å². The maximum atomic E-state index is 6.05. The largest absolute Gasteiger partial charge is 0.492 e. The molecule has 0 spiro atoms. The Balaban J connectivity index is 1.51. The average molecular weight is 389 g/mol. The highest BCUT2D eigenvalue weighted by molar-refractivity contribution is 7.98. The fourth-order valence-electron chi connectivity index (χ4n) is 3.42. The summed E-state index contributed by atoms with van der Waals surface area (Å²) in [5, 5.41) is 0. The van der Waals surface area contributed by atoms with Gasteiger partial charge in [-0.15, -0.1) is 11.8 Å². The molecule has 0 aliphatic heterocycles. The van der Waals surface area contributed by atoms with Gasteiger partial charge in [-0.1, -0.05) is 36.4 Å². The van der Waals surface area contributed by atoms with Crippen LogP contribution in [0.5, 0.6) is 5.75 Å². The molecular weight excluding hydrogens is 364 g/mol. The minimum atomic E-state index is 0.617. The van der Waals surface area contributed by atoms with Crippen LogP contribution < -0.4 is 4.74 Å². The van der Waals surface area contributed by atoms with Crippen molar-refractivity contribution in [3.05, 3.63) is 89.7 Å². The number of para-hydroxylation sites is 2. The van der Waals surface area contributed by atoms with Gasteiger partial charge >= 0.3 is 0 Å². The first kappa shape index (κ1) is 18.6. The van der Waals surface area contributed by atoms with Gasteiger partial charge in [0.2, 0.25) is 0 Å². The second-order valence-corrected chi connectivity index (χ2v) is 7.99. The summed E-state index contributed by atoms with van der Waals surface area (Å²) in [7, 11) is 0. The molecule has 0 aliphatic rings. The number of thioether (sulfide) groups is 1. The van der Waals surface area contributed by atoms with E-state index < -0.39 is 0 Å². The second-order valence-electron chi connectivity index (χ2n) is 6.94. The Labute approximate surface area is 170 Å². The van der Waals surface area contributed by atoms with Crippen molar-refractivity contribution in [3.63, 3.8) is 0 Å². The summed E-state index contributed by atoms with van der Waals surface area (Å²) in [6, 6.07) is 25.1. The zero-order valence-corrected chi connectivity index (χ0v) is 17.1. The van der Waals surface area contributed by atoms with E-state index in [1.54, 1.807) is 0 Å². The normalized spacial score (nSPS) is 11.1. The lowest BCUT2D eigenvalue weighted by atomic mass is 10.1. The number of fused-ring (bicyclic) bond motifs is 1. The molecule has 0 unspecified atom stereocenters. The summed E-state index contributed by atoms with van der Waals surface area (Å²) in [6.45, 7) is 5.59. The zero-order chi connectivity index (χ0) is 19.3. The van der Waals surface area contributed by atoms with Gasteiger partial charge in [-0.2, -0.15) is 0 Å². The highest BCUT2D eigenvalue weighted by Gasteiger charge is 2.11. The first-order valence-corrected chi connectivity index (χ1v) is 10.5. The average Bonchev–Trinajstić information content (AvgIpc) is 3.04. The summed E-state index contributed by atoms with van der Waals surface area (Å²) in [4.78, 5) is 6.13. The third-order valence-corrected chi connectivity index (χ3v) is 5.63. The molecule has 28 heavy (non-hydrogen) atoms. The van der Waals surface area contributed by atoms with E-state index >= 15 is 0 Å². The molecule has 0 aliphatic carbocycles. The molecule has 0 amide bonds. The second kappa shape index (κ2) is 8.53. The van der Waals surface area contributed by atoms with Crippen molar-refractivity contribution in [2.24, 2.45) is 0 Å². The summed E-state index contributed by atoms with van der Waals surface area (Å²) < 4.78 is 8.34. The van der Waals surface area contributed by atoms with Crippen LogP contribution in [-0.4, -0.2) is 16.2 Å². The van der Waals surface area contributed by atoms with Gasteiger partial charge in [0.15, 0.2) is 0 Å². The molecule has 0 radical (unpaired) electrons. The van der Waals surface area contributed by atoms with Crippen molar-refractivity contribution in [3.8, 4) is 5.75 Å². The smallest absolute Gasteiger partial charge is 0.120 e. The van der Waals surface area contributed by atoms with E-state index in [2.05, 4.69) is 79.1 Å². The quantitative estimate of drug-likeness (QED) is 0.362. The van der Waals surface area contributed by atoms with Gasteiger partial charge in [0, 0.05) is 4.90 Å². The third kappa shape index (κ3) is 4.39. The molecular formula is C24H24N2OS. The summed E-state index contributed by atoms with van der Waals surface area (Å²) in [5.74, 6) is 2.85. The number of imidazole rings is 1. The number of hydrogen-bond acceptors (Lipinski definition) is 3. The van der Waals surface area contributed by atoms with Crippen LogP contribution >= 0.6 is 11.8 Å². The standard InChI is InChI=1S/C24H24N2OS/c1-18-14-19(2)16-20(15-18)27-13-12-26-23-11-7-6-10-22(23)25-24(26)17-28-21-8-4-3-5-9-21/h3-11,14-16H,12-13,17H2,1-2H3. The van der Waals surface area contributed by atoms with Gasteiger partial charge in [-0.25, -0.2) is 4.98 Å². The fraction of sp³-hybridized carbons (Fsp3) is 0.208.